The lowest BCUT2D eigenvalue weighted by atomic mass is 9.95. The topological polar surface area (TPSA) is 43.1 Å². The molecule has 1 rings (SSSR count). The summed E-state index contributed by atoms with van der Waals surface area (Å²) in [6.07, 6.45) is 1.44. The van der Waals surface area contributed by atoms with Crippen LogP contribution in [0.1, 0.15) is 25.8 Å². The van der Waals surface area contributed by atoms with Crippen molar-refractivity contribution in [3.8, 4) is 0 Å². The fourth-order valence-electron chi connectivity index (χ4n) is 1.76. The van der Waals surface area contributed by atoms with E-state index in [1.165, 1.54) is 6.07 Å². The van der Waals surface area contributed by atoms with Crippen LogP contribution in [0.3, 0.4) is 0 Å². The zero-order valence-corrected chi connectivity index (χ0v) is 11.3. The third kappa shape index (κ3) is 3.86. The second-order valence-electron chi connectivity index (χ2n) is 4.14. The summed E-state index contributed by atoms with van der Waals surface area (Å²) >= 11 is 11.9. The van der Waals surface area contributed by atoms with Gasteiger partial charge >= 0.3 is 0 Å². The summed E-state index contributed by atoms with van der Waals surface area (Å²) in [6, 6.07) is 4.76. The van der Waals surface area contributed by atoms with E-state index in [-0.39, 0.29) is 17.0 Å². The molecule has 5 heteroatoms. The molecule has 0 saturated carbocycles. The highest BCUT2D eigenvalue weighted by atomic mass is 35.5. The lowest BCUT2D eigenvalue weighted by Crippen LogP contribution is -2.13. The SMILES string of the molecule is CCC(Cl)C(C)Cc1ccc(Cl)cc1[N+](=O)[O-]. The van der Waals surface area contributed by atoms with E-state index in [0.29, 0.717) is 17.0 Å². The molecule has 0 spiro atoms. The molecule has 0 heterocycles. The van der Waals surface area contributed by atoms with Gasteiger partial charge in [0.2, 0.25) is 0 Å². The van der Waals surface area contributed by atoms with Crippen LogP contribution in [0.2, 0.25) is 5.02 Å². The summed E-state index contributed by atoms with van der Waals surface area (Å²) in [7, 11) is 0. The molecule has 0 aliphatic heterocycles. The van der Waals surface area contributed by atoms with E-state index >= 15 is 0 Å². The van der Waals surface area contributed by atoms with E-state index in [2.05, 4.69) is 0 Å². The molecule has 1 aromatic rings. The lowest BCUT2D eigenvalue weighted by Gasteiger charge is -2.16. The molecule has 0 fully saturated rings. The van der Waals surface area contributed by atoms with Gasteiger partial charge in [-0.1, -0.05) is 31.5 Å². The summed E-state index contributed by atoms with van der Waals surface area (Å²) < 4.78 is 0. The molecule has 2 unspecified atom stereocenters. The number of hydrogen-bond acceptors (Lipinski definition) is 2. The summed E-state index contributed by atoms with van der Waals surface area (Å²) in [5.41, 5.74) is 0.760. The molecule has 0 aliphatic carbocycles. The summed E-state index contributed by atoms with van der Waals surface area (Å²) in [5.74, 6) is 0.196. The molecule has 0 N–H and O–H groups in total. The van der Waals surface area contributed by atoms with Gasteiger partial charge in [-0.05, 0) is 24.8 Å². The summed E-state index contributed by atoms with van der Waals surface area (Å²) in [5, 5.41) is 11.3. The van der Waals surface area contributed by atoms with Crippen LogP contribution < -0.4 is 0 Å². The zero-order valence-electron chi connectivity index (χ0n) is 9.82. The van der Waals surface area contributed by atoms with Crippen LogP contribution in [0.25, 0.3) is 0 Å². The van der Waals surface area contributed by atoms with Gasteiger partial charge in [0.05, 0.1) is 4.92 Å². The van der Waals surface area contributed by atoms with Crippen LogP contribution in [0, 0.1) is 16.0 Å². The molecule has 0 radical (unpaired) electrons. The molecular weight excluding hydrogens is 261 g/mol. The third-order valence-corrected chi connectivity index (χ3v) is 3.77. The van der Waals surface area contributed by atoms with Gasteiger partial charge in [-0.15, -0.1) is 11.6 Å². The quantitative estimate of drug-likeness (QED) is 0.453. The maximum absolute atomic E-state index is 10.9. The Morgan fingerprint density at radius 3 is 2.65 bits per heavy atom. The Hall–Kier alpha value is -0.800. The number of nitro benzene ring substituents is 1. The Morgan fingerprint density at radius 2 is 2.12 bits per heavy atom. The first-order chi connectivity index (χ1) is 7.95. The van der Waals surface area contributed by atoms with Crippen LogP contribution >= 0.6 is 23.2 Å². The Labute approximate surface area is 111 Å². The minimum atomic E-state index is -0.400. The molecule has 2 atom stereocenters. The number of halogens is 2. The fraction of sp³-hybridized carbons (Fsp3) is 0.500. The normalized spacial score (nSPS) is 14.4. The molecule has 17 heavy (non-hydrogen) atoms. The molecular formula is C12H15Cl2NO2. The first-order valence-electron chi connectivity index (χ1n) is 5.52. The maximum atomic E-state index is 10.9. The van der Waals surface area contributed by atoms with Gasteiger partial charge in [-0.3, -0.25) is 10.1 Å². The first kappa shape index (κ1) is 14.3. The van der Waals surface area contributed by atoms with Crippen molar-refractivity contribution in [1.82, 2.24) is 0 Å². The summed E-state index contributed by atoms with van der Waals surface area (Å²) in [6.45, 7) is 4.00. The second kappa shape index (κ2) is 6.22. The van der Waals surface area contributed by atoms with E-state index < -0.39 is 4.92 Å². The van der Waals surface area contributed by atoms with Crippen LogP contribution in [0.5, 0.6) is 0 Å². The van der Waals surface area contributed by atoms with E-state index in [9.17, 15) is 10.1 Å². The maximum Gasteiger partial charge on any atom is 0.274 e. The third-order valence-electron chi connectivity index (χ3n) is 2.79. The van der Waals surface area contributed by atoms with Gasteiger partial charge < -0.3 is 0 Å². The highest BCUT2D eigenvalue weighted by Crippen LogP contribution is 2.27. The Bertz CT molecular complexity index is 409. The molecule has 3 nitrogen and oxygen atoms in total. The van der Waals surface area contributed by atoms with E-state index in [0.717, 1.165) is 6.42 Å². The lowest BCUT2D eigenvalue weighted by molar-refractivity contribution is -0.385. The minimum absolute atomic E-state index is 0.0327. The standard InChI is InChI=1S/C12H15Cl2NO2/c1-3-11(14)8(2)6-9-4-5-10(13)7-12(9)15(16)17/h4-5,7-8,11H,3,6H2,1-2H3. The molecule has 0 aromatic heterocycles. The molecule has 0 amide bonds. The predicted molar refractivity (Wildman–Crippen MR) is 70.9 cm³/mol. The Kier molecular flexibility index (Phi) is 5.22. The van der Waals surface area contributed by atoms with Gasteiger partial charge in [0.1, 0.15) is 0 Å². The monoisotopic (exact) mass is 275 g/mol. The number of rotatable bonds is 5. The van der Waals surface area contributed by atoms with Crippen molar-refractivity contribution < 1.29 is 4.92 Å². The van der Waals surface area contributed by atoms with Gasteiger partial charge in [0.15, 0.2) is 0 Å². The van der Waals surface area contributed by atoms with E-state index in [1.807, 2.05) is 13.8 Å². The van der Waals surface area contributed by atoms with Crippen LogP contribution in [0.4, 0.5) is 5.69 Å². The van der Waals surface area contributed by atoms with Gasteiger partial charge in [-0.25, -0.2) is 0 Å². The number of benzene rings is 1. The van der Waals surface area contributed by atoms with Crippen molar-refractivity contribution in [2.24, 2.45) is 5.92 Å². The Morgan fingerprint density at radius 1 is 1.47 bits per heavy atom. The largest absolute Gasteiger partial charge is 0.274 e. The van der Waals surface area contributed by atoms with Crippen LogP contribution in [0.15, 0.2) is 18.2 Å². The molecule has 0 saturated heterocycles. The van der Waals surface area contributed by atoms with E-state index in [4.69, 9.17) is 23.2 Å². The van der Waals surface area contributed by atoms with Crippen molar-refractivity contribution in [3.05, 3.63) is 38.9 Å². The van der Waals surface area contributed by atoms with Crippen molar-refractivity contribution in [3.63, 3.8) is 0 Å². The zero-order chi connectivity index (χ0) is 13.0. The molecule has 0 aliphatic rings. The van der Waals surface area contributed by atoms with Gasteiger partial charge in [0, 0.05) is 22.0 Å². The smallest absolute Gasteiger partial charge is 0.258 e. The average molecular weight is 276 g/mol. The van der Waals surface area contributed by atoms with Crippen molar-refractivity contribution in [2.45, 2.75) is 32.1 Å². The number of nitrogens with zero attached hydrogens (tertiary/aromatic N) is 1. The average Bonchev–Trinajstić information content (AvgIpc) is 2.29. The minimum Gasteiger partial charge on any atom is -0.258 e. The highest BCUT2D eigenvalue weighted by Gasteiger charge is 2.19. The fourth-order valence-corrected chi connectivity index (χ4v) is 2.01. The van der Waals surface area contributed by atoms with Gasteiger partial charge in [-0.2, -0.15) is 0 Å². The number of alkyl halides is 1. The van der Waals surface area contributed by atoms with Crippen LogP contribution in [-0.2, 0) is 6.42 Å². The molecule has 0 bridgehead atoms. The number of nitro groups is 1. The first-order valence-corrected chi connectivity index (χ1v) is 6.34. The number of hydrogen-bond donors (Lipinski definition) is 0. The predicted octanol–water partition coefficient (Wildman–Crippen LogP) is 4.44. The summed E-state index contributed by atoms with van der Waals surface area (Å²) in [4.78, 5) is 10.5. The molecule has 1 aromatic carbocycles. The Balaban J connectivity index is 2.94. The van der Waals surface area contributed by atoms with Crippen molar-refractivity contribution >= 4 is 28.9 Å². The second-order valence-corrected chi connectivity index (χ2v) is 5.13. The van der Waals surface area contributed by atoms with E-state index in [1.54, 1.807) is 12.1 Å². The molecule has 94 valence electrons. The highest BCUT2D eigenvalue weighted by molar-refractivity contribution is 6.30. The van der Waals surface area contributed by atoms with Crippen LogP contribution in [-0.4, -0.2) is 10.3 Å². The van der Waals surface area contributed by atoms with Crippen molar-refractivity contribution in [2.75, 3.05) is 0 Å². The van der Waals surface area contributed by atoms with Gasteiger partial charge in [0.25, 0.3) is 5.69 Å². The van der Waals surface area contributed by atoms with Crippen molar-refractivity contribution in [1.29, 1.82) is 0 Å².